The Kier molecular flexibility index (Phi) is 3.26. The van der Waals surface area contributed by atoms with E-state index in [4.69, 9.17) is 20.1 Å². The van der Waals surface area contributed by atoms with Crippen LogP contribution in [0.4, 0.5) is 0 Å². The molecule has 0 amide bonds. The first-order chi connectivity index (χ1) is 5.22. The number of hydrogen-bond donors (Lipinski definition) is 3. The lowest BCUT2D eigenvalue weighted by Crippen LogP contribution is -2.35. The highest BCUT2D eigenvalue weighted by Gasteiger charge is 2.26. The van der Waals surface area contributed by atoms with E-state index in [-0.39, 0.29) is 19.1 Å². The summed E-state index contributed by atoms with van der Waals surface area (Å²) in [5.74, 6) is 0. The predicted octanol–water partition coefficient (Wildman–Crippen LogP) is -0.773. The molecule has 66 valence electrons. The Bertz CT molecular complexity index is 107. The molecule has 1 saturated heterocycles. The smallest absolute Gasteiger partial charge is 0.157 e. The fraction of sp³-hybridized carbons (Fsp3) is 1.00. The number of ether oxygens (including phenoxy) is 1. The van der Waals surface area contributed by atoms with Crippen molar-refractivity contribution < 1.29 is 20.1 Å². The predicted molar refractivity (Wildman–Crippen MR) is 37.8 cm³/mol. The van der Waals surface area contributed by atoms with E-state index in [1.54, 1.807) is 0 Å². The van der Waals surface area contributed by atoms with Crippen molar-refractivity contribution in [2.75, 3.05) is 6.61 Å². The summed E-state index contributed by atoms with van der Waals surface area (Å²) in [5.41, 5.74) is 0. The highest BCUT2D eigenvalue weighted by Crippen LogP contribution is 2.19. The van der Waals surface area contributed by atoms with Gasteiger partial charge in [-0.1, -0.05) is 0 Å². The Balaban J connectivity index is 2.30. The molecule has 1 aliphatic heterocycles. The molecular formula is C7H14O4. The van der Waals surface area contributed by atoms with Crippen LogP contribution in [0, 0.1) is 0 Å². The van der Waals surface area contributed by atoms with Crippen LogP contribution in [0.15, 0.2) is 0 Å². The average Bonchev–Trinajstić information content (AvgIpc) is 1.85. The normalized spacial score (nSPS) is 39.0. The van der Waals surface area contributed by atoms with Crippen molar-refractivity contribution in [1.29, 1.82) is 0 Å². The summed E-state index contributed by atoms with van der Waals surface area (Å²) in [4.78, 5) is 0. The third-order valence-electron chi connectivity index (χ3n) is 1.81. The van der Waals surface area contributed by atoms with Crippen molar-refractivity contribution in [2.45, 2.75) is 37.8 Å². The fourth-order valence-electron chi connectivity index (χ4n) is 1.30. The van der Waals surface area contributed by atoms with E-state index in [9.17, 15) is 0 Å². The lowest BCUT2D eigenvalue weighted by atomic mass is 10.0. The summed E-state index contributed by atoms with van der Waals surface area (Å²) in [5, 5.41) is 26.7. The summed E-state index contributed by atoms with van der Waals surface area (Å²) in [7, 11) is 0. The number of rotatable bonds is 2. The molecule has 3 atom stereocenters. The molecule has 0 radical (unpaired) electrons. The molecule has 0 bridgehead atoms. The van der Waals surface area contributed by atoms with Crippen LogP contribution in [0.2, 0.25) is 0 Å². The van der Waals surface area contributed by atoms with Crippen LogP contribution < -0.4 is 0 Å². The first kappa shape index (κ1) is 8.93. The second-order valence-electron chi connectivity index (χ2n) is 2.85. The van der Waals surface area contributed by atoms with Gasteiger partial charge in [0, 0.05) is 13.0 Å². The molecule has 0 spiro atoms. The summed E-state index contributed by atoms with van der Waals surface area (Å²) in [6.45, 7) is 0.0319. The molecule has 0 aromatic heterocycles. The lowest BCUT2D eigenvalue weighted by Gasteiger charge is -2.29. The highest BCUT2D eigenvalue weighted by molar-refractivity contribution is 4.71. The van der Waals surface area contributed by atoms with Crippen molar-refractivity contribution >= 4 is 0 Å². The van der Waals surface area contributed by atoms with Crippen molar-refractivity contribution in [2.24, 2.45) is 0 Å². The van der Waals surface area contributed by atoms with Crippen LogP contribution in [-0.4, -0.2) is 40.4 Å². The Morgan fingerprint density at radius 2 is 2.00 bits per heavy atom. The van der Waals surface area contributed by atoms with E-state index in [0.29, 0.717) is 12.8 Å². The van der Waals surface area contributed by atoms with Crippen LogP contribution in [0.25, 0.3) is 0 Å². The molecule has 1 aliphatic rings. The van der Waals surface area contributed by atoms with Crippen molar-refractivity contribution in [3.8, 4) is 0 Å². The molecule has 0 aromatic carbocycles. The summed E-state index contributed by atoms with van der Waals surface area (Å²) >= 11 is 0. The Labute approximate surface area is 65.4 Å². The molecule has 3 unspecified atom stereocenters. The monoisotopic (exact) mass is 162 g/mol. The standard InChI is InChI=1S/C7H14O4/c8-2-1-6-3-5(9)4-7(10)11-6/h5-10H,1-4H2. The van der Waals surface area contributed by atoms with Crippen molar-refractivity contribution in [3.05, 3.63) is 0 Å². The fourth-order valence-corrected chi connectivity index (χ4v) is 1.30. The summed E-state index contributed by atoms with van der Waals surface area (Å²) in [6, 6.07) is 0. The van der Waals surface area contributed by atoms with Crippen LogP contribution >= 0.6 is 0 Å². The van der Waals surface area contributed by atoms with Gasteiger partial charge in [-0.05, 0) is 12.8 Å². The molecule has 1 fully saturated rings. The molecule has 11 heavy (non-hydrogen) atoms. The summed E-state index contributed by atoms with van der Waals surface area (Å²) < 4.78 is 5.03. The van der Waals surface area contributed by atoms with Gasteiger partial charge in [0.15, 0.2) is 6.29 Å². The molecule has 0 aromatic rings. The van der Waals surface area contributed by atoms with Gasteiger partial charge < -0.3 is 20.1 Å². The zero-order chi connectivity index (χ0) is 8.27. The Morgan fingerprint density at radius 3 is 2.55 bits per heavy atom. The molecular weight excluding hydrogens is 148 g/mol. The molecule has 4 nitrogen and oxygen atoms in total. The van der Waals surface area contributed by atoms with Crippen LogP contribution in [-0.2, 0) is 4.74 Å². The topological polar surface area (TPSA) is 69.9 Å². The van der Waals surface area contributed by atoms with Crippen LogP contribution in [0.3, 0.4) is 0 Å². The zero-order valence-corrected chi connectivity index (χ0v) is 6.31. The molecule has 0 aliphatic carbocycles. The summed E-state index contributed by atoms with van der Waals surface area (Å²) in [6.07, 6.45) is -0.280. The van der Waals surface area contributed by atoms with Gasteiger partial charge in [-0.2, -0.15) is 0 Å². The van der Waals surface area contributed by atoms with Crippen molar-refractivity contribution in [1.82, 2.24) is 0 Å². The SMILES string of the molecule is OCCC1CC(O)CC(O)O1. The lowest BCUT2D eigenvalue weighted by molar-refractivity contribution is -0.191. The van der Waals surface area contributed by atoms with Gasteiger partial charge in [-0.15, -0.1) is 0 Å². The van der Waals surface area contributed by atoms with Gasteiger partial charge in [-0.3, -0.25) is 0 Å². The van der Waals surface area contributed by atoms with Gasteiger partial charge in [0.2, 0.25) is 0 Å². The van der Waals surface area contributed by atoms with Gasteiger partial charge in [-0.25, -0.2) is 0 Å². The van der Waals surface area contributed by atoms with E-state index in [1.165, 1.54) is 0 Å². The van der Waals surface area contributed by atoms with Gasteiger partial charge >= 0.3 is 0 Å². The van der Waals surface area contributed by atoms with Crippen molar-refractivity contribution in [3.63, 3.8) is 0 Å². The van der Waals surface area contributed by atoms with E-state index < -0.39 is 12.4 Å². The van der Waals surface area contributed by atoms with Gasteiger partial charge in [0.05, 0.1) is 12.2 Å². The molecule has 1 rings (SSSR count). The van der Waals surface area contributed by atoms with E-state index >= 15 is 0 Å². The minimum absolute atomic E-state index is 0.0319. The second-order valence-corrected chi connectivity index (χ2v) is 2.85. The van der Waals surface area contributed by atoms with E-state index in [2.05, 4.69) is 0 Å². The second kappa shape index (κ2) is 4.01. The Hall–Kier alpha value is -0.160. The quantitative estimate of drug-likeness (QED) is 0.498. The van der Waals surface area contributed by atoms with Gasteiger partial charge in [0.25, 0.3) is 0 Å². The molecule has 4 heteroatoms. The van der Waals surface area contributed by atoms with Gasteiger partial charge in [0.1, 0.15) is 0 Å². The first-order valence-corrected chi connectivity index (χ1v) is 3.85. The van der Waals surface area contributed by atoms with E-state index in [0.717, 1.165) is 0 Å². The molecule has 0 saturated carbocycles. The molecule has 3 N–H and O–H groups in total. The number of hydrogen-bond acceptors (Lipinski definition) is 4. The Morgan fingerprint density at radius 1 is 1.27 bits per heavy atom. The van der Waals surface area contributed by atoms with Crippen LogP contribution in [0.5, 0.6) is 0 Å². The van der Waals surface area contributed by atoms with Crippen LogP contribution in [0.1, 0.15) is 19.3 Å². The molecule has 1 heterocycles. The minimum atomic E-state index is -0.865. The zero-order valence-electron chi connectivity index (χ0n) is 6.31. The number of aliphatic hydroxyl groups is 3. The minimum Gasteiger partial charge on any atom is -0.396 e. The average molecular weight is 162 g/mol. The largest absolute Gasteiger partial charge is 0.396 e. The third-order valence-corrected chi connectivity index (χ3v) is 1.81. The maximum absolute atomic E-state index is 9.16. The highest BCUT2D eigenvalue weighted by atomic mass is 16.6. The first-order valence-electron chi connectivity index (χ1n) is 3.85. The maximum Gasteiger partial charge on any atom is 0.157 e. The van der Waals surface area contributed by atoms with E-state index in [1.807, 2.05) is 0 Å². The number of aliphatic hydroxyl groups excluding tert-OH is 3. The third kappa shape index (κ3) is 2.75. The maximum atomic E-state index is 9.16.